The molecule has 0 radical (unpaired) electrons. The topological polar surface area (TPSA) is 95.2 Å². The summed E-state index contributed by atoms with van der Waals surface area (Å²) in [6.45, 7) is 4.08. The number of aromatic nitrogens is 1. The third-order valence-electron chi connectivity index (χ3n) is 8.67. The number of amides is 1. The Morgan fingerprint density at radius 1 is 0.756 bits per heavy atom. The van der Waals surface area contributed by atoms with Gasteiger partial charge in [-0.2, -0.15) is 5.10 Å². The van der Waals surface area contributed by atoms with Gasteiger partial charge in [0.15, 0.2) is 0 Å². The van der Waals surface area contributed by atoms with Crippen LogP contribution < -0.4 is 4.74 Å². The monoisotopic (exact) mass is 589 g/mol. The second kappa shape index (κ2) is 9.79. The van der Waals surface area contributed by atoms with Crippen molar-refractivity contribution in [3.05, 3.63) is 148 Å². The summed E-state index contributed by atoms with van der Waals surface area (Å²) < 4.78 is 6.30. The third kappa shape index (κ3) is 3.94. The third-order valence-corrected chi connectivity index (χ3v) is 8.67. The molecule has 1 aromatic heterocycles. The number of aromatic hydroxyl groups is 2. The fourth-order valence-corrected chi connectivity index (χ4v) is 6.69. The van der Waals surface area contributed by atoms with Crippen LogP contribution >= 0.6 is 0 Å². The zero-order chi connectivity index (χ0) is 30.9. The molecule has 0 aliphatic carbocycles. The van der Waals surface area contributed by atoms with Gasteiger partial charge in [-0.15, -0.1) is 0 Å². The molecule has 3 heterocycles. The average molecular weight is 590 g/mol. The summed E-state index contributed by atoms with van der Waals surface area (Å²) in [5, 5.41) is 29.4. The van der Waals surface area contributed by atoms with Crippen molar-refractivity contribution < 1.29 is 19.7 Å². The molecule has 7 nitrogen and oxygen atoms in total. The molecular weight excluding hydrogens is 562 g/mol. The highest BCUT2D eigenvalue weighted by Gasteiger charge is 2.58. The molecule has 2 aliphatic rings. The van der Waals surface area contributed by atoms with E-state index in [4.69, 9.17) is 9.84 Å². The molecule has 5 aromatic carbocycles. The van der Waals surface area contributed by atoms with E-state index in [0.717, 1.165) is 38.6 Å². The van der Waals surface area contributed by atoms with Crippen LogP contribution in [-0.4, -0.2) is 32.3 Å². The second-order valence-corrected chi connectivity index (χ2v) is 11.6. The van der Waals surface area contributed by atoms with E-state index in [1.165, 1.54) is 17.1 Å². The Balaban J connectivity index is 1.55. The van der Waals surface area contributed by atoms with E-state index in [2.05, 4.69) is 41.4 Å². The van der Waals surface area contributed by atoms with Gasteiger partial charge in [-0.05, 0) is 72.6 Å². The maximum absolute atomic E-state index is 15.1. The number of aryl methyl sites for hydroxylation is 2. The number of phenolic OH excluding ortho intramolecular Hbond substituents is 2. The van der Waals surface area contributed by atoms with Crippen LogP contribution in [0.25, 0.3) is 21.9 Å². The van der Waals surface area contributed by atoms with Crippen molar-refractivity contribution >= 4 is 22.9 Å². The summed E-state index contributed by atoms with van der Waals surface area (Å²) in [6.07, 6.45) is 3.25. The Morgan fingerprint density at radius 3 is 2.11 bits per heavy atom. The fraction of sp³-hybridized carbons (Fsp3) is 0.0789. The van der Waals surface area contributed by atoms with Crippen LogP contribution in [0.4, 0.5) is 0 Å². The number of rotatable bonds is 3. The van der Waals surface area contributed by atoms with Crippen molar-refractivity contribution in [3.8, 4) is 34.1 Å². The van der Waals surface area contributed by atoms with Gasteiger partial charge < -0.3 is 14.9 Å². The Labute approximate surface area is 259 Å². The first-order valence-electron chi connectivity index (χ1n) is 14.6. The summed E-state index contributed by atoms with van der Waals surface area (Å²) in [7, 11) is 0. The van der Waals surface area contributed by atoms with Crippen molar-refractivity contribution in [2.24, 2.45) is 5.10 Å². The number of hydrogen-bond donors (Lipinski definition) is 2. The van der Waals surface area contributed by atoms with E-state index in [1.54, 1.807) is 36.7 Å². The number of hydrogen-bond acceptors (Lipinski definition) is 6. The highest BCUT2D eigenvalue weighted by molar-refractivity contribution is 6.15. The summed E-state index contributed by atoms with van der Waals surface area (Å²) in [6, 6.07) is 31.8. The summed E-state index contributed by atoms with van der Waals surface area (Å²) in [5.74, 6) is 0.432. The van der Waals surface area contributed by atoms with E-state index in [1.807, 2.05) is 44.2 Å². The molecule has 1 spiro atoms. The molecule has 0 unspecified atom stereocenters. The van der Waals surface area contributed by atoms with Crippen LogP contribution in [0.1, 0.15) is 43.9 Å². The molecule has 218 valence electrons. The highest BCUT2D eigenvalue weighted by atomic mass is 16.5. The van der Waals surface area contributed by atoms with Crippen LogP contribution in [0.5, 0.6) is 23.0 Å². The zero-order valence-electron chi connectivity index (χ0n) is 24.5. The lowest BCUT2D eigenvalue weighted by atomic mass is 9.73. The predicted molar refractivity (Wildman–Crippen MR) is 173 cm³/mol. The van der Waals surface area contributed by atoms with Gasteiger partial charge in [-0.3, -0.25) is 9.78 Å². The Bertz CT molecular complexity index is 2160. The van der Waals surface area contributed by atoms with E-state index < -0.39 is 5.54 Å². The number of pyridine rings is 1. The predicted octanol–water partition coefficient (Wildman–Crippen LogP) is 7.82. The summed E-state index contributed by atoms with van der Waals surface area (Å²) in [5.41, 5.74) is 5.71. The normalized spacial score (nSPS) is 14.4. The highest BCUT2D eigenvalue weighted by Crippen LogP contribution is 2.60. The van der Waals surface area contributed by atoms with Crippen molar-refractivity contribution in [1.82, 2.24) is 9.99 Å². The number of nitrogens with zero attached hydrogens (tertiary/aromatic N) is 3. The Kier molecular flexibility index (Phi) is 5.80. The van der Waals surface area contributed by atoms with Gasteiger partial charge in [0.2, 0.25) is 0 Å². The first-order chi connectivity index (χ1) is 21.8. The standard InChI is InChI=1S/C38H27N3O4/c1-22-6-9-24(10-7-22)35-29-17-23(2)8-11-25(29)18-32-36(35)37(44)41(40-21-26-5-3-4-16-39-26)38(32)30-14-12-27(42)19-33(30)45-34-20-28(43)13-15-31(34)38/h3-21,42-43H,1-2H3. The number of phenols is 2. The minimum Gasteiger partial charge on any atom is -0.508 e. The lowest BCUT2D eigenvalue weighted by Gasteiger charge is -2.41. The summed E-state index contributed by atoms with van der Waals surface area (Å²) in [4.78, 5) is 19.5. The van der Waals surface area contributed by atoms with Gasteiger partial charge in [0.25, 0.3) is 5.91 Å². The van der Waals surface area contributed by atoms with Gasteiger partial charge in [-0.1, -0.05) is 59.7 Å². The SMILES string of the molecule is Cc1ccc(-c2c3c(cc4ccc(C)cc24)C2(c4ccc(O)cc4Oc4cc(O)ccc42)N(N=Cc2ccccn2)C3=O)cc1. The first-order valence-corrected chi connectivity index (χ1v) is 14.6. The molecule has 2 aliphatic heterocycles. The number of benzene rings is 5. The number of fused-ring (bicyclic) bond motifs is 7. The van der Waals surface area contributed by atoms with Gasteiger partial charge >= 0.3 is 0 Å². The van der Waals surface area contributed by atoms with E-state index in [9.17, 15) is 10.2 Å². The molecule has 2 N–H and O–H groups in total. The van der Waals surface area contributed by atoms with Crippen LogP contribution in [0.3, 0.4) is 0 Å². The van der Waals surface area contributed by atoms with E-state index in [0.29, 0.717) is 33.9 Å². The van der Waals surface area contributed by atoms with Gasteiger partial charge in [0.1, 0.15) is 28.5 Å². The molecule has 7 heteroatoms. The van der Waals surface area contributed by atoms with E-state index in [-0.39, 0.29) is 17.4 Å². The van der Waals surface area contributed by atoms with Gasteiger partial charge in [0.05, 0.1) is 17.5 Å². The molecule has 0 fully saturated rings. The number of ether oxygens (including phenoxy) is 1. The Morgan fingerprint density at radius 2 is 1.44 bits per heavy atom. The van der Waals surface area contributed by atoms with Crippen molar-refractivity contribution in [1.29, 1.82) is 0 Å². The van der Waals surface area contributed by atoms with Gasteiger partial charge in [-0.25, -0.2) is 5.01 Å². The minimum absolute atomic E-state index is 0.00918. The quantitative estimate of drug-likeness (QED) is 0.205. The summed E-state index contributed by atoms with van der Waals surface area (Å²) >= 11 is 0. The molecule has 0 saturated carbocycles. The van der Waals surface area contributed by atoms with Crippen LogP contribution in [-0.2, 0) is 5.54 Å². The molecule has 0 atom stereocenters. The van der Waals surface area contributed by atoms with Crippen LogP contribution in [0.2, 0.25) is 0 Å². The molecule has 8 rings (SSSR count). The number of carbonyl (C=O) groups excluding carboxylic acids is 1. The molecule has 45 heavy (non-hydrogen) atoms. The van der Waals surface area contributed by atoms with Crippen molar-refractivity contribution in [2.75, 3.05) is 0 Å². The molecule has 0 saturated heterocycles. The average Bonchev–Trinajstić information content (AvgIpc) is 3.27. The van der Waals surface area contributed by atoms with Crippen LogP contribution in [0.15, 0.2) is 114 Å². The lowest BCUT2D eigenvalue weighted by Crippen LogP contribution is -2.44. The maximum atomic E-state index is 15.1. The largest absolute Gasteiger partial charge is 0.508 e. The number of carbonyl (C=O) groups is 1. The zero-order valence-corrected chi connectivity index (χ0v) is 24.5. The molecular formula is C38H27N3O4. The lowest BCUT2D eigenvalue weighted by molar-refractivity contribution is 0.0675. The first kappa shape index (κ1) is 26.7. The number of hydrazone groups is 1. The van der Waals surface area contributed by atoms with Crippen LogP contribution in [0, 0.1) is 13.8 Å². The van der Waals surface area contributed by atoms with Crippen molar-refractivity contribution in [3.63, 3.8) is 0 Å². The molecule has 0 bridgehead atoms. The molecule has 6 aromatic rings. The fourth-order valence-electron chi connectivity index (χ4n) is 6.69. The molecule has 1 amide bonds. The minimum atomic E-state index is -1.31. The van der Waals surface area contributed by atoms with Crippen molar-refractivity contribution in [2.45, 2.75) is 19.4 Å². The van der Waals surface area contributed by atoms with E-state index >= 15 is 4.79 Å². The smallest absolute Gasteiger partial charge is 0.276 e. The maximum Gasteiger partial charge on any atom is 0.276 e. The van der Waals surface area contributed by atoms with Gasteiger partial charge in [0, 0.05) is 40.6 Å². The second-order valence-electron chi connectivity index (χ2n) is 11.6. The Hall–Kier alpha value is -5.95.